The van der Waals surface area contributed by atoms with Crippen LogP contribution in [-0.4, -0.2) is 29.9 Å². The fourth-order valence-electron chi connectivity index (χ4n) is 3.91. The van der Waals surface area contributed by atoms with E-state index in [2.05, 4.69) is 25.7 Å². The van der Waals surface area contributed by atoms with Crippen molar-refractivity contribution in [3.63, 3.8) is 0 Å². The van der Waals surface area contributed by atoms with Crippen molar-refractivity contribution in [1.82, 2.24) is 4.90 Å². The van der Waals surface area contributed by atoms with Crippen LogP contribution in [0.15, 0.2) is 0 Å². The molecule has 2 aliphatic rings. The van der Waals surface area contributed by atoms with E-state index in [1.165, 1.54) is 25.7 Å². The van der Waals surface area contributed by atoms with Crippen LogP contribution in [0.25, 0.3) is 0 Å². The van der Waals surface area contributed by atoms with Crippen LogP contribution >= 0.6 is 0 Å². The molecule has 0 bridgehead atoms. The molecule has 116 valence electrons. The maximum absolute atomic E-state index is 12.8. The van der Waals surface area contributed by atoms with Gasteiger partial charge >= 0.3 is 0 Å². The number of hydrogen-bond acceptors (Lipinski definition) is 2. The molecule has 2 fully saturated rings. The molecule has 0 spiro atoms. The van der Waals surface area contributed by atoms with Gasteiger partial charge in [-0.1, -0.05) is 46.5 Å². The molecule has 2 rings (SSSR count). The Bertz CT molecular complexity index is 334. The molecular formula is C17H32N2O. The van der Waals surface area contributed by atoms with Crippen molar-refractivity contribution in [1.29, 1.82) is 0 Å². The van der Waals surface area contributed by atoms with E-state index in [0.29, 0.717) is 5.91 Å². The summed E-state index contributed by atoms with van der Waals surface area (Å²) in [4.78, 5) is 14.9. The van der Waals surface area contributed by atoms with Crippen molar-refractivity contribution in [2.24, 2.45) is 23.0 Å². The molecule has 2 unspecified atom stereocenters. The van der Waals surface area contributed by atoms with Crippen LogP contribution < -0.4 is 5.73 Å². The number of piperidine rings is 1. The molecule has 1 aliphatic carbocycles. The van der Waals surface area contributed by atoms with E-state index < -0.39 is 0 Å². The summed E-state index contributed by atoms with van der Waals surface area (Å²) in [6.45, 7) is 8.22. The fraction of sp³-hybridized carbons (Fsp3) is 0.941. The molecule has 0 aromatic rings. The Morgan fingerprint density at radius 1 is 1.30 bits per heavy atom. The molecular weight excluding hydrogens is 248 g/mol. The molecule has 3 nitrogen and oxygen atoms in total. The highest BCUT2D eigenvalue weighted by Crippen LogP contribution is 2.34. The summed E-state index contributed by atoms with van der Waals surface area (Å²) in [7, 11) is 0. The Morgan fingerprint density at radius 3 is 2.50 bits per heavy atom. The van der Waals surface area contributed by atoms with Crippen LogP contribution in [0.3, 0.4) is 0 Å². The summed E-state index contributed by atoms with van der Waals surface area (Å²) in [6, 6.07) is 0.224. The van der Waals surface area contributed by atoms with Gasteiger partial charge in [0.25, 0.3) is 0 Å². The van der Waals surface area contributed by atoms with E-state index in [0.717, 1.165) is 38.3 Å². The smallest absolute Gasteiger partial charge is 0.225 e. The number of hydrogen-bond donors (Lipinski definition) is 1. The van der Waals surface area contributed by atoms with Crippen molar-refractivity contribution in [3.05, 3.63) is 0 Å². The first-order valence-corrected chi connectivity index (χ1v) is 8.48. The van der Waals surface area contributed by atoms with Gasteiger partial charge in [-0.2, -0.15) is 0 Å². The number of rotatable bonds is 4. The zero-order chi connectivity index (χ0) is 14.8. The lowest BCUT2D eigenvalue weighted by Crippen LogP contribution is -2.55. The third-order valence-electron chi connectivity index (χ3n) is 5.56. The van der Waals surface area contributed by atoms with Gasteiger partial charge in [0.05, 0.1) is 0 Å². The lowest BCUT2D eigenvalue weighted by Gasteiger charge is -2.43. The van der Waals surface area contributed by atoms with Gasteiger partial charge < -0.3 is 10.6 Å². The van der Waals surface area contributed by atoms with Crippen LogP contribution in [0.2, 0.25) is 0 Å². The molecule has 2 atom stereocenters. The van der Waals surface area contributed by atoms with Crippen LogP contribution in [0.5, 0.6) is 0 Å². The summed E-state index contributed by atoms with van der Waals surface area (Å²) < 4.78 is 0. The average molecular weight is 280 g/mol. The number of nitrogens with zero attached hydrogens (tertiary/aromatic N) is 1. The first kappa shape index (κ1) is 15.8. The van der Waals surface area contributed by atoms with Gasteiger partial charge in [0, 0.05) is 25.0 Å². The second-order valence-corrected chi connectivity index (χ2v) is 7.63. The second kappa shape index (κ2) is 6.46. The third kappa shape index (κ3) is 3.55. The number of likely N-dealkylation sites (tertiary alicyclic amines) is 1. The Labute approximate surface area is 124 Å². The molecule has 2 N–H and O–H groups in total. The SMILES string of the molecule is CCC(CC1CCCC1)C(=O)N1CCC(N)C(C)(C)C1. The first-order valence-electron chi connectivity index (χ1n) is 8.48. The molecule has 3 heteroatoms. The van der Waals surface area contributed by atoms with Gasteiger partial charge in [-0.3, -0.25) is 4.79 Å². The molecule has 0 aromatic carbocycles. The average Bonchev–Trinajstić information content (AvgIpc) is 2.91. The number of carbonyl (C=O) groups is 1. The summed E-state index contributed by atoms with van der Waals surface area (Å²) in [5, 5.41) is 0. The second-order valence-electron chi connectivity index (χ2n) is 7.63. The quantitative estimate of drug-likeness (QED) is 0.859. The Hall–Kier alpha value is -0.570. The zero-order valence-corrected chi connectivity index (χ0v) is 13.5. The van der Waals surface area contributed by atoms with E-state index in [9.17, 15) is 4.79 Å². The van der Waals surface area contributed by atoms with Gasteiger partial charge in [-0.25, -0.2) is 0 Å². The van der Waals surface area contributed by atoms with Crippen molar-refractivity contribution >= 4 is 5.91 Å². The number of amides is 1. The van der Waals surface area contributed by atoms with E-state index >= 15 is 0 Å². The van der Waals surface area contributed by atoms with E-state index in [1.807, 2.05) is 0 Å². The molecule has 1 aliphatic heterocycles. The topological polar surface area (TPSA) is 46.3 Å². The van der Waals surface area contributed by atoms with Gasteiger partial charge in [0.15, 0.2) is 0 Å². The molecule has 0 radical (unpaired) electrons. The molecule has 1 saturated carbocycles. The lowest BCUT2D eigenvalue weighted by atomic mass is 9.79. The van der Waals surface area contributed by atoms with Gasteiger partial charge in [0.1, 0.15) is 0 Å². The first-order chi connectivity index (χ1) is 9.44. The maximum atomic E-state index is 12.8. The minimum absolute atomic E-state index is 0.0551. The maximum Gasteiger partial charge on any atom is 0.225 e. The summed E-state index contributed by atoms with van der Waals surface area (Å²) in [5.74, 6) is 1.42. The zero-order valence-electron chi connectivity index (χ0n) is 13.5. The van der Waals surface area contributed by atoms with Gasteiger partial charge in [-0.05, 0) is 30.6 Å². The van der Waals surface area contributed by atoms with Gasteiger partial charge in [0.2, 0.25) is 5.91 Å². The van der Waals surface area contributed by atoms with Crippen molar-refractivity contribution in [2.45, 2.75) is 71.8 Å². The van der Waals surface area contributed by atoms with Gasteiger partial charge in [-0.15, -0.1) is 0 Å². The highest BCUT2D eigenvalue weighted by atomic mass is 16.2. The Kier molecular flexibility index (Phi) is 5.11. The highest BCUT2D eigenvalue weighted by Gasteiger charge is 2.37. The van der Waals surface area contributed by atoms with E-state index in [-0.39, 0.29) is 17.4 Å². The summed E-state index contributed by atoms with van der Waals surface area (Å²) in [5.41, 5.74) is 6.23. The lowest BCUT2D eigenvalue weighted by molar-refractivity contribution is -0.139. The Balaban J connectivity index is 1.94. The minimum Gasteiger partial charge on any atom is -0.342 e. The predicted molar refractivity (Wildman–Crippen MR) is 83.3 cm³/mol. The van der Waals surface area contributed by atoms with Crippen LogP contribution in [0.4, 0.5) is 0 Å². The molecule has 1 amide bonds. The van der Waals surface area contributed by atoms with Crippen LogP contribution in [0.1, 0.15) is 65.7 Å². The number of nitrogens with two attached hydrogens (primary N) is 1. The predicted octanol–water partition coefficient (Wildman–Crippen LogP) is 3.18. The monoisotopic (exact) mass is 280 g/mol. The standard InChI is InChI=1S/C17H32N2O/c1-4-14(11-13-7-5-6-8-13)16(20)19-10-9-15(18)17(2,3)12-19/h13-15H,4-12,18H2,1-3H3. The molecule has 0 aromatic heterocycles. The highest BCUT2D eigenvalue weighted by molar-refractivity contribution is 5.79. The minimum atomic E-state index is 0.0551. The molecule has 20 heavy (non-hydrogen) atoms. The van der Waals surface area contributed by atoms with Crippen LogP contribution in [-0.2, 0) is 4.79 Å². The van der Waals surface area contributed by atoms with Crippen molar-refractivity contribution in [3.8, 4) is 0 Å². The normalized spacial score (nSPS) is 28.6. The summed E-state index contributed by atoms with van der Waals surface area (Å²) >= 11 is 0. The van der Waals surface area contributed by atoms with Crippen LogP contribution in [0, 0.1) is 17.3 Å². The third-order valence-corrected chi connectivity index (χ3v) is 5.56. The van der Waals surface area contributed by atoms with E-state index in [4.69, 9.17) is 5.73 Å². The largest absolute Gasteiger partial charge is 0.342 e. The van der Waals surface area contributed by atoms with Crippen molar-refractivity contribution < 1.29 is 4.79 Å². The molecule has 1 saturated heterocycles. The molecule has 1 heterocycles. The summed E-state index contributed by atoms with van der Waals surface area (Å²) in [6.07, 6.45) is 8.43. The van der Waals surface area contributed by atoms with Crippen molar-refractivity contribution in [2.75, 3.05) is 13.1 Å². The Morgan fingerprint density at radius 2 is 1.95 bits per heavy atom. The fourth-order valence-corrected chi connectivity index (χ4v) is 3.91. The number of carbonyl (C=O) groups excluding carboxylic acids is 1. The van der Waals surface area contributed by atoms with E-state index in [1.54, 1.807) is 0 Å².